The zero-order chi connectivity index (χ0) is 9.03. The van der Waals surface area contributed by atoms with Crippen LogP contribution < -0.4 is 10.6 Å². The van der Waals surface area contributed by atoms with Crippen molar-refractivity contribution in [3.8, 4) is 0 Å². The summed E-state index contributed by atoms with van der Waals surface area (Å²) in [4.78, 5) is 0. The van der Waals surface area contributed by atoms with Crippen LogP contribution in [0.4, 0.5) is 0 Å². The predicted octanol–water partition coefficient (Wildman–Crippen LogP) is -0.0436. The molecule has 1 aliphatic rings. The van der Waals surface area contributed by atoms with Gasteiger partial charge in [-0.3, -0.25) is 0 Å². The van der Waals surface area contributed by atoms with Gasteiger partial charge in [-0.15, -0.1) is 0 Å². The van der Waals surface area contributed by atoms with Crippen molar-refractivity contribution in [2.75, 3.05) is 26.2 Å². The maximum absolute atomic E-state index is 9.01. The van der Waals surface area contributed by atoms with Crippen LogP contribution in [-0.2, 0) is 0 Å². The molecule has 0 bridgehead atoms. The summed E-state index contributed by atoms with van der Waals surface area (Å²) in [6.45, 7) is 7.49. The van der Waals surface area contributed by atoms with Crippen LogP contribution in [0.15, 0.2) is 0 Å². The van der Waals surface area contributed by atoms with Crippen LogP contribution >= 0.6 is 0 Å². The Morgan fingerprint density at radius 3 is 2.83 bits per heavy atom. The fourth-order valence-corrected chi connectivity index (χ4v) is 1.31. The molecule has 0 saturated carbocycles. The molecule has 0 aliphatic carbocycles. The summed E-state index contributed by atoms with van der Waals surface area (Å²) in [6, 6.07) is 0.607. The van der Waals surface area contributed by atoms with Gasteiger partial charge >= 0.3 is 0 Å². The van der Waals surface area contributed by atoms with Crippen LogP contribution in [0.25, 0.3) is 0 Å². The van der Waals surface area contributed by atoms with E-state index in [1.54, 1.807) is 0 Å². The summed E-state index contributed by atoms with van der Waals surface area (Å²) in [7, 11) is 0. The first-order valence-corrected chi connectivity index (χ1v) is 4.69. The molecule has 1 aliphatic heterocycles. The van der Waals surface area contributed by atoms with Gasteiger partial charge in [0.1, 0.15) is 0 Å². The lowest BCUT2D eigenvalue weighted by atomic mass is 9.94. The maximum Gasteiger partial charge on any atom is 0.0494 e. The molecule has 3 nitrogen and oxygen atoms in total. The average molecular weight is 172 g/mol. The third-order valence-corrected chi connectivity index (χ3v) is 2.36. The SMILES string of the molecule is CC(C)(CO)CNC1CCNC1. The number of aliphatic hydroxyl groups is 1. The van der Waals surface area contributed by atoms with Crippen LogP contribution in [0, 0.1) is 5.41 Å². The van der Waals surface area contributed by atoms with Crippen LogP contribution in [0.2, 0.25) is 0 Å². The number of aliphatic hydroxyl groups excluding tert-OH is 1. The van der Waals surface area contributed by atoms with E-state index in [0.717, 1.165) is 19.6 Å². The van der Waals surface area contributed by atoms with Crippen LogP contribution in [0.3, 0.4) is 0 Å². The molecular formula is C9H20N2O. The van der Waals surface area contributed by atoms with Gasteiger partial charge in [0.15, 0.2) is 0 Å². The van der Waals surface area contributed by atoms with Crippen molar-refractivity contribution >= 4 is 0 Å². The molecule has 0 amide bonds. The first-order valence-electron chi connectivity index (χ1n) is 4.69. The highest BCUT2D eigenvalue weighted by molar-refractivity contribution is 4.80. The van der Waals surface area contributed by atoms with Crippen LogP contribution in [-0.4, -0.2) is 37.4 Å². The van der Waals surface area contributed by atoms with Gasteiger partial charge in [-0.25, -0.2) is 0 Å². The minimum atomic E-state index is 0.0165. The van der Waals surface area contributed by atoms with E-state index in [9.17, 15) is 0 Å². The van der Waals surface area contributed by atoms with E-state index >= 15 is 0 Å². The van der Waals surface area contributed by atoms with E-state index < -0.39 is 0 Å². The molecule has 0 spiro atoms. The van der Waals surface area contributed by atoms with E-state index in [4.69, 9.17) is 5.11 Å². The van der Waals surface area contributed by atoms with Gasteiger partial charge < -0.3 is 15.7 Å². The first-order chi connectivity index (χ1) is 5.64. The number of rotatable bonds is 4. The molecule has 0 aromatic carbocycles. The fraction of sp³-hybridized carbons (Fsp3) is 1.00. The topological polar surface area (TPSA) is 44.3 Å². The number of hydrogen-bond acceptors (Lipinski definition) is 3. The van der Waals surface area contributed by atoms with Gasteiger partial charge in [-0.1, -0.05) is 13.8 Å². The van der Waals surface area contributed by atoms with Gasteiger partial charge in [-0.2, -0.15) is 0 Å². The van der Waals surface area contributed by atoms with Crippen LogP contribution in [0.1, 0.15) is 20.3 Å². The first kappa shape index (κ1) is 9.96. The Kier molecular flexibility index (Phi) is 3.50. The number of nitrogens with one attached hydrogen (secondary N) is 2. The molecule has 3 heteroatoms. The Morgan fingerprint density at radius 1 is 1.58 bits per heavy atom. The molecule has 3 N–H and O–H groups in total. The van der Waals surface area contributed by atoms with Gasteiger partial charge in [0.2, 0.25) is 0 Å². The smallest absolute Gasteiger partial charge is 0.0494 e. The third kappa shape index (κ3) is 3.09. The summed E-state index contributed by atoms with van der Waals surface area (Å²) in [5, 5.41) is 15.8. The van der Waals surface area contributed by atoms with Crippen molar-refractivity contribution in [2.24, 2.45) is 5.41 Å². The molecule has 0 aromatic rings. The Bertz CT molecular complexity index is 130. The van der Waals surface area contributed by atoms with Crippen molar-refractivity contribution in [3.05, 3.63) is 0 Å². The quantitative estimate of drug-likeness (QED) is 0.557. The van der Waals surface area contributed by atoms with Gasteiger partial charge in [0.05, 0.1) is 0 Å². The summed E-state index contributed by atoms with van der Waals surface area (Å²) in [5.41, 5.74) is 0.0165. The molecule has 0 aromatic heterocycles. The van der Waals surface area contributed by atoms with Crippen molar-refractivity contribution in [1.82, 2.24) is 10.6 Å². The third-order valence-electron chi connectivity index (χ3n) is 2.36. The lowest BCUT2D eigenvalue weighted by Gasteiger charge is -2.24. The Morgan fingerprint density at radius 2 is 2.33 bits per heavy atom. The Labute approximate surface area is 74.5 Å². The van der Waals surface area contributed by atoms with E-state index in [2.05, 4.69) is 24.5 Å². The molecule has 1 saturated heterocycles. The standard InChI is InChI=1S/C9H20N2O/c1-9(2,7-12)6-11-8-3-4-10-5-8/h8,10-12H,3-7H2,1-2H3. The highest BCUT2D eigenvalue weighted by atomic mass is 16.3. The summed E-state index contributed by atoms with van der Waals surface area (Å²) < 4.78 is 0. The zero-order valence-electron chi connectivity index (χ0n) is 8.06. The molecule has 1 unspecified atom stereocenters. The normalized spacial score (nSPS) is 24.8. The van der Waals surface area contributed by atoms with Gasteiger partial charge in [0.25, 0.3) is 0 Å². The molecule has 1 rings (SSSR count). The molecule has 1 heterocycles. The van der Waals surface area contributed by atoms with E-state index in [-0.39, 0.29) is 12.0 Å². The maximum atomic E-state index is 9.01. The lowest BCUT2D eigenvalue weighted by Crippen LogP contribution is -2.39. The average Bonchev–Trinajstić information content (AvgIpc) is 2.53. The minimum Gasteiger partial charge on any atom is -0.396 e. The number of hydrogen-bond donors (Lipinski definition) is 3. The zero-order valence-corrected chi connectivity index (χ0v) is 8.06. The van der Waals surface area contributed by atoms with E-state index in [1.165, 1.54) is 6.42 Å². The molecule has 1 fully saturated rings. The second kappa shape index (κ2) is 4.21. The molecule has 72 valence electrons. The lowest BCUT2D eigenvalue weighted by molar-refractivity contribution is 0.154. The van der Waals surface area contributed by atoms with Crippen molar-refractivity contribution in [2.45, 2.75) is 26.3 Å². The monoisotopic (exact) mass is 172 g/mol. The fourth-order valence-electron chi connectivity index (χ4n) is 1.31. The van der Waals surface area contributed by atoms with E-state index in [0.29, 0.717) is 6.04 Å². The molecule has 12 heavy (non-hydrogen) atoms. The summed E-state index contributed by atoms with van der Waals surface area (Å²) >= 11 is 0. The second-order valence-corrected chi connectivity index (χ2v) is 4.39. The van der Waals surface area contributed by atoms with E-state index in [1.807, 2.05) is 0 Å². The Hall–Kier alpha value is -0.120. The molecule has 1 atom stereocenters. The molecule has 0 radical (unpaired) electrons. The summed E-state index contributed by atoms with van der Waals surface area (Å²) in [5.74, 6) is 0. The van der Waals surface area contributed by atoms with Crippen LogP contribution in [0.5, 0.6) is 0 Å². The van der Waals surface area contributed by atoms with Crippen molar-refractivity contribution in [1.29, 1.82) is 0 Å². The highest BCUT2D eigenvalue weighted by Crippen LogP contribution is 2.12. The van der Waals surface area contributed by atoms with Crippen molar-refractivity contribution in [3.63, 3.8) is 0 Å². The summed E-state index contributed by atoms with van der Waals surface area (Å²) in [6.07, 6.45) is 1.21. The highest BCUT2D eigenvalue weighted by Gasteiger charge is 2.20. The minimum absolute atomic E-state index is 0.0165. The predicted molar refractivity (Wildman–Crippen MR) is 50.1 cm³/mol. The Balaban J connectivity index is 2.15. The van der Waals surface area contributed by atoms with Gasteiger partial charge in [0, 0.05) is 31.2 Å². The second-order valence-electron chi connectivity index (χ2n) is 4.39. The van der Waals surface area contributed by atoms with Gasteiger partial charge in [-0.05, 0) is 13.0 Å². The molecular weight excluding hydrogens is 152 g/mol. The largest absolute Gasteiger partial charge is 0.396 e. The van der Waals surface area contributed by atoms with Crippen molar-refractivity contribution < 1.29 is 5.11 Å².